The van der Waals surface area contributed by atoms with Gasteiger partial charge in [-0.1, -0.05) is 49.4 Å². The molecule has 2 nitrogen and oxygen atoms in total. The van der Waals surface area contributed by atoms with Gasteiger partial charge in [0.2, 0.25) is 0 Å². The Labute approximate surface area is 125 Å². The molecule has 3 rings (SSSR count). The molecule has 1 aromatic heterocycles. The van der Waals surface area contributed by atoms with Gasteiger partial charge >= 0.3 is 0 Å². The van der Waals surface area contributed by atoms with E-state index in [9.17, 15) is 0 Å². The molecule has 2 heteroatoms. The Morgan fingerprint density at radius 2 is 1.86 bits per heavy atom. The summed E-state index contributed by atoms with van der Waals surface area (Å²) in [7, 11) is 2.01. The van der Waals surface area contributed by atoms with Gasteiger partial charge in [-0.05, 0) is 41.6 Å². The lowest BCUT2D eigenvalue weighted by Crippen LogP contribution is -2.18. The molecule has 106 valence electrons. The van der Waals surface area contributed by atoms with Crippen molar-refractivity contribution in [2.45, 2.75) is 19.4 Å². The molecule has 0 aliphatic rings. The summed E-state index contributed by atoms with van der Waals surface area (Å²) in [5, 5.41) is 5.87. The van der Waals surface area contributed by atoms with Crippen molar-refractivity contribution in [3.8, 4) is 0 Å². The van der Waals surface area contributed by atoms with Crippen LogP contribution in [0.2, 0.25) is 0 Å². The fraction of sp³-hybridized carbons (Fsp3) is 0.211. The molecule has 0 amide bonds. The molecule has 0 saturated heterocycles. The number of aryl methyl sites for hydroxylation is 1. The highest BCUT2D eigenvalue weighted by Crippen LogP contribution is 2.28. The first-order valence-corrected chi connectivity index (χ1v) is 7.42. The third-order valence-corrected chi connectivity index (χ3v) is 4.04. The van der Waals surface area contributed by atoms with E-state index in [-0.39, 0.29) is 6.04 Å². The van der Waals surface area contributed by atoms with E-state index in [1.54, 1.807) is 0 Å². The van der Waals surface area contributed by atoms with Crippen LogP contribution in [-0.2, 0) is 6.42 Å². The van der Waals surface area contributed by atoms with Crippen molar-refractivity contribution in [2.24, 2.45) is 0 Å². The average molecular weight is 276 g/mol. The lowest BCUT2D eigenvalue weighted by atomic mass is 9.94. The van der Waals surface area contributed by atoms with Crippen LogP contribution in [0.4, 0.5) is 0 Å². The lowest BCUT2D eigenvalue weighted by molar-refractivity contribution is 0.696. The summed E-state index contributed by atoms with van der Waals surface area (Å²) in [6.07, 6.45) is 4.87. The first-order chi connectivity index (χ1) is 10.3. The van der Waals surface area contributed by atoms with Crippen LogP contribution in [0.15, 0.2) is 60.9 Å². The van der Waals surface area contributed by atoms with Crippen molar-refractivity contribution < 1.29 is 0 Å². The Morgan fingerprint density at radius 3 is 2.57 bits per heavy atom. The lowest BCUT2D eigenvalue weighted by Gasteiger charge is -2.19. The minimum atomic E-state index is 0.184. The van der Waals surface area contributed by atoms with Crippen LogP contribution in [0.5, 0.6) is 0 Å². The molecule has 0 bridgehead atoms. The number of fused-ring (bicyclic) bond motifs is 1. The Balaban J connectivity index is 2.09. The molecule has 1 unspecified atom stereocenters. The van der Waals surface area contributed by atoms with Crippen LogP contribution in [0.1, 0.15) is 29.7 Å². The van der Waals surface area contributed by atoms with E-state index in [1.165, 1.54) is 27.5 Å². The number of nitrogens with zero attached hydrogens (tertiary/aromatic N) is 1. The van der Waals surface area contributed by atoms with E-state index >= 15 is 0 Å². The molecule has 0 saturated carbocycles. The van der Waals surface area contributed by atoms with E-state index in [0.29, 0.717) is 0 Å². The number of aromatic nitrogens is 1. The van der Waals surface area contributed by atoms with Crippen LogP contribution in [0.3, 0.4) is 0 Å². The van der Waals surface area contributed by atoms with Gasteiger partial charge in [-0.3, -0.25) is 4.98 Å². The Bertz CT molecular complexity index is 727. The van der Waals surface area contributed by atoms with E-state index in [1.807, 2.05) is 19.4 Å². The average Bonchev–Trinajstić information content (AvgIpc) is 2.56. The molecule has 0 aliphatic heterocycles. The van der Waals surface area contributed by atoms with Gasteiger partial charge < -0.3 is 5.32 Å². The van der Waals surface area contributed by atoms with Crippen molar-refractivity contribution in [2.75, 3.05) is 7.05 Å². The van der Waals surface area contributed by atoms with Crippen molar-refractivity contribution in [1.29, 1.82) is 0 Å². The van der Waals surface area contributed by atoms with E-state index in [4.69, 9.17) is 0 Å². The van der Waals surface area contributed by atoms with Gasteiger partial charge in [0.05, 0.1) is 6.04 Å². The topological polar surface area (TPSA) is 24.9 Å². The predicted molar refractivity (Wildman–Crippen MR) is 88.5 cm³/mol. The summed E-state index contributed by atoms with van der Waals surface area (Å²) in [5.41, 5.74) is 3.92. The van der Waals surface area contributed by atoms with Gasteiger partial charge in [-0.2, -0.15) is 0 Å². The Kier molecular flexibility index (Phi) is 3.98. The van der Waals surface area contributed by atoms with Gasteiger partial charge in [-0.15, -0.1) is 0 Å². The standard InChI is InChI=1S/C19H20N2/c1-3-14-7-9-16(10-8-14)19(20-2)17-6-4-5-15-11-12-21-13-18(15)17/h4-13,19-20H,3H2,1-2H3. The van der Waals surface area contributed by atoms with Crippen LogP contribution in [0, 0.1) is 0 Å². The maximum atomic E-state index is 4.28. The van der Waals surface area contributed by atoms with Gasteiger partial charge in [0, 0.05) is 17.8 Å². The molecule has 21 heavy (non-hydrogen) atoms. The molecule has 0 spiro atoms. The van der Waals surface area contributed by atoms with Gasteiger partial charge in [0.25, 0.3) is 0 Å². The summed E-state index contributed by atoms with van der Waals surface area (Å²) < 4.78 is 0. The normalized spacial score (nSPS) is 12.5. The zero-order chi connectivity index (χ0) is 14.7. The summed E-state index contributed by atoms with van der Waals surface area (Å²) in [6.45, 7) is 2.18. The van der Waals surface area contributed by atoms with Gasteiger partial charge in [0.1, 0.15) is 0 Å². The molecule has 0 aliphatic carbocycles. The van der Waals surface area contributed by atoms with Gasteiger partial charge in [-0.25, -0.2) is 0 Å². The molecule has 3 aromatic rings. The van der Waals surface area contributed by atoms with Crippen molar-refractivity contribution in [3.05, 3.63) is 77.6 Å². The van der Waals surface area contributed by atoms with Crippen molar-refractivity contribution in [1.82, 2.24) is 10.3 Å². The highest BCUT2D eigenvalue weighted by atomic mass is 14.9. The molecule has 0 fully saturated rings. The first kappa shape index (κ1) is 13.8. The van der Waals surface area contributed by atoms with E-state index in [0.717, 1.165) is 6.42 Å². The maximum absolute atomic E-state index is 4.28. The third-order valence-electron chi connectivity index (χ3n) is 4.04. The molecule has 2 aromatic carbocycles. The second kappa shape index (κ2) is 6.06. The molecule has 1 heterocycles. The fourth-order valence-corrected chi connectivity index (χ4v) is 2.84. The smallest absolute Gasteiger partial charge is 0.0580 e. The summed E-state index contributed by atoms with van der Waals surface area (Å²) in [5.74, 6) is 0. The molecular formula is C19H20N2. The number of nitrogens with one attached hydrogen (secondary N) is 1. The molecule has 1 N–H and O–H groups in total. The first-order valence-electron chi connectivity index (χ1n) is 7.42. The van der Waals surface area contributed by atoms with Crippen LogP contribution >= 0.6 is 0 Å². The Morgan fingerprint density at radius 1 is 1.05 bits per heavy atom. The zero-order valence-corrected chi connectivity index (χ0v) is 12.5. The van der Waals surface area contributed by atoms with Crippen molar-refractivity contribution >= 4 is 10.8 Å². The molecule has 1 atom stereocenters. The van der Waals surface area contributed by atoms with Crippen LogP contribution in [-0.4, -0.2) is 12.0 Å². The minimum Gasteiger partial charge on any atom is -0.309 e. The van der Waals surface area contributed by atoms with E-state index < -0.39 is 0 Å². The largest absolute Gasteiger partial charge is 0.309 e. The minimum absolute atomic E-state index is 0.184. The SMILES string of the molecule is CCc1ccc(C(NC)c2cccc3ccncc23)cc1. The van der Waals surface area contributed by atoms with Gasteiger partial charge in [0.15, 0.2) is 0 Å². The summed E-state index contributed by atoms with van der Waals surface area (Å²) >= 11 is 0. The predicted octanol–water partition coefficient (Wildman–Crippen LogP) is 4.11. The number of pyridine rings is 1. The second-order valence-electron chi connectivity index (χ2n) is 5.26. The second-order valence-corrected chi connectivity index (χ2v) is 5.26. The maximum Gasteiger partial charge on any atom is 0.0580 e. The summed E-state index contributed by atoms with van der Waals surface area (Å²) in [4.78, 5) is 4.28. The van der Waals surface area contributed by atoms with E-state index in [2.05, 4.69) is 65.8 Å². The number of benzene rings is 2. The monoisotopic (exact) mass is 276 g/mol. The highest BCUT2D eigenvalue weighted by molar-refractivity contribution is 5.85. The zero-order valence-electron chi connectivity index (χ0n) is 12.5. The third kappa shape index (κ3) is 2.67. The number of rotatable bonds is 4. The highest BCUT2D eigenvalue weighted by Gasteiger charge is 2.14. The van der Waals surface area contributed by atoms with Crippen molar-refractivity contribution in [3.63, 3.8) is 0 Å². The molecular weight excluding hydrogens is 256 g/mol. The quantitative estimate of drug-likeness (QED) is 0.776. The number of hydrogen-bond donors (Lipinski definition) is 1. The fourth-order valence-electron chi connectivity index (χ4n) is 2.84. The summed E-state index contributed by atoms with van der Waals surface area (Å²) in [6, 6.07) is 17.5. The number of hydrogen-bond acceptors (Lipinski definition) is 2. The van der Waals surface area contributed by atoms with Crippen LogP contribution < -0.4 is 5.32 Å². The Hall–Kier alpha value is -2.19. The molecule has 0 radical (unpaired) electrons. The van der Waals surface area contributed by atoms with Crippen LogP contribution in [0.25, 0.3) is 10.8 Å².